The molecule has 0 N–H and O–H groups in total. The molecule has 0 saturated heterocycles. The summed E-state index contributed by atoms with van der Waals surface area (Å²) in [5, 5.41) is 12.7. The van der Waals surface area contributed by atoms with Crippen molar-refractivity contribution >= 4 is 53.9 Å². The number of hydrogen-bond acceptors (Lipinski definition) is 0. The van der Waals surface area contributed by atoms with Gasteiger partial charge in [0.15, 0.2) is 0 Å². The summed E-state index contributed by atoms with van der Waals surface area (Å²) in [7, 11) is 0. The van der Waals surface area contributed by atoms with Crippen molar-refractivity contribution in [2.75, 3.05) is 0 Å². The summed E-state index contributed by atoms with van der Waals surface area (Å²) in [5.41, 5.74) is 7.55. The molecule has 0 heterocycles. The molecule has 9 aromatic carbocycles. The molecule has 0 atom stereocenters. The molecule has 0 aliphatic carbocycles. The lowest BCUT2D eigenvalue weighted by atomic mass is 9.83. The predicted molar refractivity (Wildman–Crippen MR) is 190 cm³/mol. The SMILES string of the molecule is c1ccc(-c2ccc3c(-c4cc5ccccc5c5ccccc45)c4ccccc4c(-c4ccc5ccccc5c4)c3c2)cc1. The summed E-state index contributed by atoms with van der Waals surface area (Å²) in [4.78, 5) is 0. The maximum atomic E-state index is 2.41. The van der Waals surface area contributed by atoms with Crippen LogP contribution in [-0.2, 0) is 0 Å². The maximum Gasteiger partial charge on any atom is -0.00199 e. The standard InChI is InChI=1S/C44H28/c1-2-12-29(13-3-1)32-24-25-40-42(27-32)43(34-23-22-30-14-4-5-15-31(30)26-34)38-20-10-11-21-39(38)44(40)41-28-33-16-6-7-17-35(33)36-18-8-9-19-37(36)41/h1-28H. The largest absolute Gasteiger partial charge is 0.0622 e. The summed E-state index contributed by atoms with van der Waals surface area (Å²) in [5.74, 6) is 0. The van der Waals surface area contributed by atoms with Gasteiger partial charge in [0.2, 0.25) is 0 Å². The first-order valence-electron chi connectivity index (χ1n) is 15.3. The topological polar surface area (TPSA) is 0 Å². The minimum Gasteiger partial charge on any atom is -0.0622 e. The van der Waals surface area contributed by atoms with Crippen LogP contribution in [0.3, 0.4) is 0 Å². The Morgan fingerprint density at radius 3 is 1.59 bits per heavy atom. The van der Waals surface area contributed by atoms with E-state index in [1.165, 1.54) is 87.2 Å². The van der Waals surface area contributed by atoms with Gasteiger partial charge in [-0.2, -0.15) is 0 Å². The van der Waals surface area contributed by atoms with E-state index in [0.29, 0.717) is 0 Å². The van der Waals surface area contributed by atoms with E-state index in [0.717, 1.165) is 0 Å². The number of fused-ring (bicyclic) bond motifs is 6. The van der Waals surface area contributed by atoms with Crippen LogP contribution in [0.2, 0.25) is 0 Å². The Balaban J connectivity index is 1.47. The molecule has 9 rings (SSSR count). The van der Waals surface area contributed by atoms with Gasteiger partial charge >= 0.3 is 0 Å². The van der Waals surface area contributed by atoms with Gasteiger partial charge in [-0.15, -0.1) is 0 Å². The Morgan fingerprint density at radius 2 is 0.795 bits per heavy atom. The summed E-state index contributed by atoms with van der Waals surface area (Å²) in [6.45, 7) is 0. The van der Waals surface area contributed by atoms with Crippen LogP contribution >= 0.6 is 0 Å². The van der Waals surface area contributed by atoms with Crippen LogP contribution in [0.4, 0.5) is 0 Å². The summed E-state index contributed by atoms with van der Waals surface area (Å²) in [6, 6.07) is 62.4. The maximum absolute atomic E-state index is 2.41. The van der Waals surface area contributed by atoms with E-state index >= 15 is 0 Å². The van der Waals surface area contributed by atoms with Gasteiger partial charge in [0.1, 0.15) is 0 Å². The molecule has 0 amide bonds. The molecule has 0 bridgehead atoms. The number of rotatable bonds is 3. The molecule has 0 unspecified atom stereocenters. The van der Waals surface area contributed by atoms with E-state index in [1.54, 1.807) is 0 Å². The van der Waals surface area contributed by atoms with E-state index in [1.807, 2.05) is 0 Å². The van der Waals surface area contributed by atoms with Crippen LogP contribution in [0.15, 0.2) is 170 Å². The first-order valence-corrected chi connectivity index (χ1v) is 15.3. The average molecular weight is 557 g/mol. The lowest BCUT2D eigenvalue weighted by molar-refractivity contribution is 1.64. The third-order valence-corrected chi connectivity index (χ3v) is 9.21. The van der Waals surface area contributed by atoms with Crippen molar-refractivity contribution in [1.29, 1.82) is 0 Å². The minimum absolute atomic E-state index is 1.23. The molecule has 0 aliphatic heterocycles. The lowest BCUT2D eigenvalue weighted by Gasteiger charge is -2.20. The van der Waals surface area contributed by atoms with Crippen LogP contribution in [0.1, 0.15) is 0 Å². The fraction of sp³-hybridized carbons (Fsp3) is 0. The van der Waals surface area contributed by atoms with Gasteiger partial charge < -0.3 is 0 Å². The van der Waals surface area contributed by atoms with Crippen LogP contribution in [0, 0.1) is 0 Å². The highest BCUT2D eigenvalue weighted by Crippen LogP contribution is 2.47. The zero-order valence-electron chi connectivity index (χ0n) is 24.2. The van der Waals surface area contributed by atoms with E-state index in [9.17, 15) is 0 Å². The highest BCUT2D eigenvalue weighted by atomic mass is 14.2. The van der Waals surface area contributed by atoms with E-state index in [-0.39, 0.29) is 0 Å². The predicted octanol–water partition coefficient (Wildman–Crippen LogP) is 12.5. The molecule has 0 aromatic heterocycles. The zero-order valence-corrected chi connectivity index (χ0v) is 24.2. The van der Waals surface area contributed by atoms with E-state index in [2.05, 4.69) is 170 Å². The van der Waals surface area contributed by atoms with Crippen LogP contribution < -0.4 is 0 Å². The third kappa shape index (κ3) is 3.85. The second-order valence-electron chi connectivity index (χ2n) is 11.7. The fourth-order valence-corrected chi connectivity index (χ4v) is 7.20. The zero-order chi connectivity index (χ0) is 29.0. The van der Waals surface area contributed by atoms with E-state index < -0.39 is 0 Å². The summed E-state index contributed by atoms with van der Waals surface area (Å²) >= 11 is 0. The second-order valence-corrected chi connectivity index (χ2v) is 11.7. The highest BCUT2D eigenvalue weighted by Gasteiger charge is 2.20. The molecule has 0 aliphatic rings. The Morgan fingerprint density at radius 1 is 0.227 bits per heavy atom. The lowest BCUT2D eigenvalue weighted by Crippen LogP contribution is -1.93. The van der Waals surface area contributed by atoms with Crippen molar-refractivity contribution in [2.24, 2.45) is 0 Å². The minimum atomic E-state index is 1.23. The smallest absolute Gasteiger partial charge is 0.00199 e. The molecule has 204 valence electrons. The first-order chi connectivity index (χ1) is 21.8. The van der Waals surface area contributed by atoms with Crippen molar-refractivity contribution in [2.45, 2.75) is 0 Å². The van der Waals surface area contributed by atoms with Crippen molar-refractivity contribution < 1.29 is 0 Å². The van der Waals surface area contributed by atoms with E-state index in [4.69, 9.17) is 0 Å². The average Bonchev–Trinajstić information content (AvgIpc) is 3.10. The van der Waals surface area contributed by atoms with Gasteiger partial charge in [-0.25, -0.2) is 0 Å². The van der Waals surface area contributed by atoms with Crippen molar-refractivity contribution in [1.82, 2.24) is 0 Å². The van der Waals surface area contributed by atoms with Gasteiger partial charge in [0.05, 0.1) is 0 Å². The second kappa shape index (κ2) is 9.93. The molecule has 0 saturated carbocycles. The van der Waals surface area contributed by atoms with Crippen LogP contribution in [0.5, 0.6) is 0 Å². The molecule has 9 aromatic rings. The molecule has 0 spiro atoms. The van der Waals surface area contributed by atoms with Crippen LogP contribution in [-0.4, -0.2) is 0 Å². The number of benzene rings is 9. The molecule has 0 heteroatoms. The Kier molecular flexibility index (Phi) is 5.61. The number of hydrogen-bond donors (Lipinski definition) is 0. The van der Waals surface area contributed by atoms with Gasteiger partial charge in [-0.3, -0.25) is 0 Å². The molecule has 0 radical (unpaired) electrons. The molecule has 44 heavy (non-hydrogen) atoms. The van der Waals surface area contributed by atoms with Crippen molar-refractivity contribution in [3.8, 4) is 33.4 Å². The Hall–Kier alpha value is -5.72. The molecule has 0 nitrogen and oxygen atoms in total. The highest BCUT2D eigenvalue weighted by molar-refractivity contribution is 6.26. The Bertz CT molecular complexity index is 2540. The van der Waals surface area contributed by atoms with Gasteiger partial charge in [-0.1, -0.05) is 152 Å². The monoisotopic (exact) mass is 556 g/mol. The fourth-order valence-electron chi connectivity index (χ4n) is 7.20. The third-order valence-electron chi connectivity index (χ3n) is 9.21. The van der Waals surface area contributed by atoms with Crippen molar-refractivity contribution in [3.05, 3.63) is 170 Å². The molecular formula is C44H28. The normalized spacial score (nSPS) is 11.6. The van der Waals surface area contributed by atoms with Crippen LogP contribution in [0.25, 0.3) is 87.2 Å². The Labute approximate surface area is 256 Å². The van der Waals surface area contributed by atoms with Crippen molar-refractivity contribution in [3.63, 3.8) is 0 Å². The first kappa shape index (κ1) is 24.8. The molecular weight excluding hydrogens is 528 g/mol. The summed E-state index contributed by atoms with van der Waals surface area (Å²) < 4.78 is 0. The van der Waals surface area contributed by atoms with Gasteiger partial charge in [-0.05, 0) is 105 Å². The summed E-state index contributed by atoms with van der Waals surface area (Å²) in [6.07, 6.45) is 0. The quantitative estimate of drug-likeness (QED) is 0.150. The van der Waals surface area contributed by atoms with Gasteiger partial charge in [0.25, 0.3) is 0 Å². The van der Waals surface area contributed by atoms with Gasteiger partial charge in [0, 0.05) is 0 Å². The molecule has 0 fully saturated rings.